The van der Waals surface area contributed by atoms with Crippen molar-refractivity contribution in [3.8, 4) is 11.8 Å². The summed E-state index contributed by atoms with van der Waals surface area (Å²) in [6, 6.07) is 0. The number of aromatic nitrogens is 2. The first-order chi connectivity index (χ1) is 10.6. The molecule has 1 aromatic rings. The maximum absolute atomic E-state index is 12.0. The van der Waals surface area contributed by atoms with Crippen LogP contribution in [0, 0.1) is 0 Å². The standard InChI is InChI=1S/C14H20N4O4/c1-10(19)16-8-14(20)18-5-3-4-11(9-18)22-13-7-15-6-12(17-13)21-2/h6-7,11H,3-5,8-9H2,1-2H3,(H,16,19)/t11-/m1/s1. The van der Waals surface area contributed by atoms with E-state index in [1.807, 2.05) is 0 Å². The Hall–Kier alpha value is -2.38. The van der Waals surface area contributed by atoms with Gasteiger partial charge in [-0.2, -0.15) is 4.98 Å². The predicted octanol–water partition coefficient (Wildman–Crippen LogP) is -0.00890. The van der Waals surface area contributed by atoms with Crippen LogP contribution in [0.2, 0.25) is 0 Å². The Morgan fingerprint density at radius 3 is 2.91 bits per heavy atom. The molecule has 0 bridgehead atoms. The SMILES string of the molecule is COc1cncc(O[C@@H]2CCCN(C(=O)CNC(C)=O)C2)n1. The molecule has 1 aliphatic heterocycles. The van der Waals surface area contributed by atoms with E-state index in [0.29, 0.717) is 24.8 Å². The molecule has 0 spiro atoms. The van der Waals surface area contributed by atoms with Crippen molar-refractivity contribution >= 4 is 11.8 Å². The molecule has 1 N–H and O–H groups in total. The second-order valence-electron chi connectivity index (χ2n) is 5.03. The molecule has 2 heterocycles. The number of nitrogens with zero attached hydrogens (tertiary/aromatic N) is 3. The van der Waals surface area contributed by atoms with Crippen LogP contribution in [0.3, 0.4) is 0 Å². The smallest absolute Gasteiger partial charge is 0.242 e. The molecule has 8 nitrogen and oxygen atoms in total. The van der Waals surface area contributed by atoms with Crippen molar-refractivity contribution in [3.63, 3.8) is 0 Å². The van der Waals surface area contributed by atoms with Crippen LogP contribution >= 0.6 is 0 Å². The van der Waals surface area contributed by atoms with Crippen molar-refractivity contribution in [2.75, 3.05) is 26.7 Å². The molecule has 0 aromatic carbocycles. The number of methoxy groups -OCH3 is 1. The van der Waals surface area contributed by atoms with Gasteiger partial charge in [0.25, 0.3) is 0 Å². The van der Waals surface area contributed by atoms with E-state index < -0.39 is 0 Å². The van der Waals surface area contributed by atoms with Gasteiger partial charge in [0, 0.05) is 13.5 Å². The molecule has 1 saturated heterocycles. The second-order valence-corrected chi connectivity index (χ2v) is 5.03. The van der Waals surface area contributed by atoms with Gasteiger partial charge in [0.15, 0.2) is 0 Å². The van der Waals surface area contributed by atoms with Crippen molar-refractivity contribution in [1.82, 2.24) is 20.2 Å². The molecule has 2 rings (SSSR count). The van der Waals surface area contributed by atoms with Crippen LogP contribution in [0.4, 0.5) is 0 Å². The topological polar surface area (TPSA) is 93.7 Å². The summed E-state index contributed by atoms with van der Waals surface area (Å²) in [4.78, 5) is 32.7. The van der Waals surface area contributed by atoms with Gasteiger partial charge in [0.05, 0.1) is 32.6 Å². The zero-order chi connectivity index (χ0) is 15.9. The van der Waals surface area contributed by atoms with Crippen LogP contribution in [0.1, 0.15) is 19.8 Å². The Labute approximate surface area is 128 Å². The molecule has 22 heavy (non-hydrogen) atoms. The summed E-state index contributed by atoms with van der Waals surface area (Å²) in [5.74, 6) is 0.428. The molecular weight excluding hydrogens is 288 g/mol. The van der Waals surface area contributed by atoms with Crippen LogP contribution in [-0.2, 0) is 9.59 Å². The fourth-order valence-electron chi connectivity index (χ4n) is 2.23. The molecule has 1 aliphatic rings. The summed E-state index contributed by atoms with van der Waals surface area (Å²) in [6.45, 7) is 2.54. The Bertz CT molecular complexity index is 537. The molecule has 2 amide bonds. The first-order valence-electron chi connectivity index (χ1n) is 7.13. The third-order valence-electron chi connectivity index (χ3n) is 3.31. The fraction of sp³-hybridized carbons (Fsp3) is 0.571. The number of nitrogens with one attached hydrogen (secondary N) is 1. The third kappa shape index (κ3) is 4.57. The van der Waals surface area contributed by atoms with Gasteiger partial charge < -0.3 is 19.7 Å². The molecule has 0 radical (unpaired) electrons. The number of carbonyl (C=O) groups is 2. The normalized spacial score (nSPS) is 17.7. The fourth-order valence-corrected chi connectivity index (χ4v) is 2.23. The summed E-state index contributed by atoms with van der Waals surface area (Å²) in [5.41, 5.74) is 0. The lowest BCUT2D eigenvalue weighted by molar-refractivity contribution is -0.134. The van der Waals surface area contributed by atoms with E-state index in [1.165, 1.54) is 26.4 Å². The highest BCUT2D eigenvalue weighted by atomic mass is 16.5. The average Bonchev–Trinajstić information content (AvgIpc) is 2.53. The van der Waals surface area contributed by atoms with Crippen molar-refractivity contribution in [3.05, 3.63) is 12.4 Å². The minimum atomic E-state index is -0.218. The van der Waals surface area contributed by atoms with E-state index in [-0.39, 0.29) is 24.5 Å². The van der Waals surface area contributed by atoms with Crippen LogP contribution in [0.5, 0.6) is 11.8 Å². The Morgan fingerprint density at radius 1 is 1.41 bits per heavy atom. The Kier molecular flexibility index (Phi) is 5.51. The zero-order valence-electron chi connectivity index (χ0n) is 12.7. The highest BCUT2D eigenvalue weighted by Crippen LogP contribution is 2.18. The molecule has 0 unspecified atom stereocenters. The van der Waals surface area contributed by atoms with E-state index in [9.17, 15) is 9.59 Å². The van der Waals surface area contributed by atoms with Gasteiger partial charge in [-0.3, -0.25) is 14.6 Å². The van der Waals surface area contributed by atoms with Crippen molar-refractivity contribution in [2.45, 2.75) is 25.9 Å². The van der Waals surface area contributed by atoms with E-state index in [1.54, 1.807) is 4.90 Å². The summed E-state index contributed by atoms with van der Waals surface area (Å²) >= 11 is 0. The highest BCUT2D eigenvalue weighted by Gasteiger charge is 2.25. The van der Waals surface area contributed by atoms with Crippen molar-refractivity contribution < 1.29 is 19.1 Å². The summed E-state index contributed by atoms with van der Waals surface area (Å²) in [5, 5.41) is 2.51. The van der Waals surface area contributed by atoms with Gasteiger partial charge in [-0.05, 0) is 12.8 Å². The Morgan fingerprint density at radius 2 is 2.18 bits per heavy atom. The number of rotatable bonds is 5. The Balaban J connectivity index is 1.89. The van der Waals surface area contributed by atoms with Gasteiger partial charge in [-0.1, -0.05) is 0 Å². The molecule has 0 saturated carbocycles. The number of likely N-dealkylation sites (tertiary alicyclic amines) is 1. The lowest BCUT2D eigenvalue weighted by Gasteiger charge is -2.32. The van der Waals surface area contributed by atoms with E-state index in [0.717, 1.165) is 12.8 Å². The van der Waals surface area contributed by atoms with Crippen molar-refractivity contribution in [1.29, 1.82) is 0 Å². The second kappa shape index (κ2) is 7.58. The lowest BCUT2D eigenvalue weighted by Crippen LogP contribution is -2.47. The largest absolute Gasteiger partial charge is 0.480 e. The summed E-state index contributed by atoms with van der Waals surface area (Å²) in [7, 11) is 1.51. The quantitative estimate of drug-likeness (QED) is 0.822. The first-order valence-corrected chi connectivity index (χ1v) is 7.13. The molecule has 1 aromatic heterocycles. The molecule has 0 aliphatic carbocycles. The third-order valence-corrected chi connectivity index (χ3v) is 3.31. The van der Waals surface area contributed by atoms with Gasteiger partial charge in [0.2, 0.25) is 23.6 Å². The number of carbonyl (C=O) groups excluding carboxylic acids is 2. The van der Waals surface area contributed by atoms with Crippen molar-refractivity contribution in [2.24, 2.45) is 0 Å². The van der Waals surface area contributed by atoms with Gasteiger partial charge >= 0.3 is 0 Å². The molecule has 1 atom stereocenters. The van der Waals surface area contributed by atoms with Gasteiger partial charge in [-0.15, -0.1) is 0 Å². The summed E-state index contributed by atoms with van der Waals surface area (Å²) in [6.07, 6.45) is 4.55. The maximum atomic E-state index is 12.0. The number of hydrogen-bond acceptors (Lipinski definition) is 6. The van der Waals surface area contributed by atoms with E-state index >= 15 is 0 Å². The molecule has 1 fully saturated rings. The highest BCUT2D eigenvalue weighted by molar-refractivity contribution is 5.83. The predicted molar refractivity (Wildman–Crippen MR) is 77.5 cm³/mol. The molecular formula is C14H20N4O4. The van der Waals surface area contributed by atoms with E-state index in [2.05, 4.69) is 15.3 Å². The van der Waals surface area contributed by atoms with E-state index in [4.69, 9.17) is 9.47 Å². The number of piperidine rings is 1. The maximum Gasteiger partial charge on any atom is 0.242 e. The zero-order valence-corrected chi connectivity index (χ0v) is 12.7. The van der Waals surface area contributed by atoms with Gasteiger partial charge in [0.1, 0.15) is 6.10 Å². The minimum Gasteiger partial charge on any atom is -0.480 e. The van der Waals surface area contributed by atoms with Crippen LogP contribution in [-0.4, -0.2) is 59.5 Å². The average molecular weight is 308 g/mol. The molecule has 120 valence electrons. The number of amides is 2. The van der Waals surface area contributed by atoms with Gasteiger partial charge in [-0.25, -0.2) is 0 Å². The molecule has 8 heteroatoms. The lowest BCUT2D eigenvalue weighted by atomic mass is 10.1. The van der Waals surface area contributed by atoms with Crippen LogP contribution in [0.15, 0.2) is 12.4 Å². The number of ether oxygens (including phenoxy) is 2. The van der Waals surface area contributed by atoms with Crippen LogP contribution < -0.4 is 14.8 Å². The first kappa shape index (κ1) is 16.0. The van der Waals surface area contributed by atoms with Crippen LogP contribution in [0.25, 0.3) is 0 Å². The summed E-state index contributed by atoms with van der Waals surface area (Å²) < 4.78 is 10.8. The number of hydrogen-bond donors (Lipinski definition) is 1. The monoisotopic (exact) mass is 308 g/mol. The minimum absolute atomic E-state index is 0.0149.